The van der Waals surface area contributed by atoms with Gasteiger partial charge < -0.3 is 20.9 Å². The molecule has 0 atom stereocenters. The third-order valence-electron chi connectivity index (χ3n) is 1.83. The second-order valence-electron chi connectivity index (χ2n) is 3.26. The van der Waals surface area contributed by atoms with Gasteiger partial charge in [-0.3, -0.25) is 4.98 Å². The molecule has 0 aromatic carbocycles. The average Bonchev–Trinajstić information content (AvgIpc) is 2.49. The quantitative estimate of drug-likeness (QED) is 0.464. The van der Waals surface area contributed by atoms with Gasteiger partial charge in [0.15, 0.2) is 5.82 Å². The molecule has 0 unspecified atom stereocenters. The predicted molar refractivity (Wildman–Crippen MR) is 80.0 cm³/mol. The summed E-state index contributed by atoms with van der Waals surface area (Å²) < 4.78 is 9.68. The Morgan fingerprint density at radius 3 is 2.67 bits per heavy atom. The van der Waals surface area contributed by atoms with Crippen LogP contribution < -0.4 is 16.2 Å². The van der Waals surface area contributed by atoms with Gasteiger partial charge in [-0.2, -0.15) is 4.98 Å². The van der Waals surface area contributed by atoms with Crippen LogP contribution in [0.25, 0.3) is 0 Å². The number of rotatable bonds is 5. The second-order valence-corrected chi connectivity index (χ2v) is 3.26. The second kappa shape index (κ2) is 11.0. The number of methoxy groups -OCH3 is 1. The molecule has 0 aliphatic carbocycles. The first-order valence-corrected chi connectivity index (χ1v) is 5.94. The topological polar surface area (TPSA) is 126 Å². The molecule has 0 amide bonds. The maximum atomic E-state index is 11.2. The van der Waals surface area contributed by atoms with Crippen LogP contribution in [0.5, 0.6) is 5.88 Å². The molecule has 0 aliphatic heterocycles. The van der Waals surface area contributed by atoms with Crippen molar-refractivity contribution in [3.05, 3.63) is 36.9 Å². The Morgan fingerprint density at radius 2 is 2.14 bits per heavy atom. The van der Waals surface area contributed by atoms with Crippen LogP contribution in [-0.2, 0) is 9.53 Å². The maximum absolute atomic E-state index is 11.2. The lowest BCUT2D eigenvalue weighted by molar-refractivity contribution is -0.135. The van der Waals surface area contributed by atoms with Gasteiger partial charge in [0, 0.05) is 12.4 Å². The lowest BCUT2D eigenvalue weighted by Gasteiger charge is -2.01. The fourth-order valence-electron chi connectivity index (χ4n) is 1.04. The van der Waals surface area contributed by atoms with Crippen molar-refractivity contribution in [1.82, 2.24) is 9.97 Å². The minimum Gasteiger partial charge on any atom is -0.477 e. The number of nitrogens with zero attached hydrogens (tertiary/aromatic N) is 3. The van der Waals surface area contributed by atoms with Crippen molar-refractivity contribution in [2.24, 2.45) is 16.5 Å². The molecule has 1 heterocycles. The lowest BCUT2D eigenvalue weighted by atomic mass is 10.3. The third kappa shape index (κ3) is 7.31. The molecule has 0 saturated carbocycles. The molecule has 8 heteroatoms. The molecular weight excluding hydrogens is 274 g/mol. The number of ether oxygens (including phenoxy) is 2. The van der Waals surface area contributed by atoms with E-state index < -0.39 is 5.97 Å². The maximum Gasteiger partial charge on any atom is 0.340 e. The van der Waals surface area contributed by atoms with Gasteiger partial charge in [-0.1, -0.05) is 6.58 Å². The fourth-order valence-corrected chi connectivity index (χ4v) is 1.04. The van der Waals surface area contributed by atoms with Crippen molar-refractivity contribution in [2.75, 3.05) is 13.7 Å². The van der Waals surface area contributed by atoms with Crippen LogP contribution in [0.1, 0.15) is 6.92 Å². The highest BCUT2D eigenvalue weighted by molar-refractivity contribution is 6.09. The molecule has 0 aliphatic rings. The van der Waals surface area contributed by atoms with Crippen molar-refractivity contribution >= 4 is 18.0 Å². The number of esters is 1. The molecule has 1 aromatic heterocycles. The van der Waals surface area contributed by atoms with Crippen molar-refractivity contribution in [3.63, 3.8) is 0 Å². The van der Waals surface area contributed by atoms with E-state index in [2.05, 4.69) is 32.0 Å². The van der Waals surface area contributed by atoms with Gasteiger partial charge in [0.2, 0.25) is 5.88 Å². The average molecular weight is 293 g/mol. The van der Waals surface area contributed by atoms with Crippen LogP contribution in [0.4, 0.5) is 5.82 Å². The molecule has 1 aromatic rings. The molecule has 0 fully saturated rings. The summed E-state index contributed by atoms with van der Waals surface area (Å²) in [5.41, 5.74) is 10.0. The molecule has 1 rings (SSSR count). The first kappa shape index (κ1) is 18.1. The summed E-state index contributed by atoms with van der Waals surface area (Å²) in [6.07, 6.45) is 6.52. The Morgan fingerprint density at radius 1 is 1.48 bits per heavy atom. The van der Waals surface area contributed by atoms with Crippen molar-refractivity contribution in [3.8, 4) is 5.88 Å². The Balaban J connectivity index is 0.00000122. The van der Waals surface area contributed by atoms with E-state index in [9.17, 15) is 4.79 Å². The number of carbonyl (C=O) groups is 1. The van der Waals surface area contributed by atoms with Crippen LogP contribution in [0, 0.1) is 0 Å². The Labute approximate surface area is 123 Å². The number of hydrogen-bond donors (Lipinski definition) is 2. The van der Waals surface area contributed by atoms with E-state index in [-0.39, 0.29) is 5.57 Å². The summed E-state index contributed by atoms with van der Waals surface area (Å²) in [7, 11) is 1.26. The van der Waals surface area contributed by atoms with Gasteiger partial charge >= 0.3 is 5.97 Å². The molecule has 21 heavy (non-hydrogen) atoms. The molecule has 4 N–H and O–H groups in total. The third-order valence-corrected chi connectivity index (χ3v) is 1.83. The van der Waals surface area contributed by atoms with Crippen molar-refractivity contribution < 1.29 is 14.3 Å². The number of carbonyl (C=O) groups excluding carboxylic acids is 1. The highest BCUT2D eigenvalue weighted by atomic mass is 16.5. The monoisotopic (exact) mass is 293 g/mol. The first-order chi connectivity index (χ1) is 10.1. The normalized spacial score (nSPS) is 10.5. The number of nitrogens with two attached hydrogens (primary N) is 2. The van der Waals surface area contributed by atoms with E-state index in [1.807, 2.05) is 6.92 Å². The first-order valence-electron chi connectivity index (χ1n) is 5.94. The number of aliphatic imine (C=N–C) groups is 1. The van der Waals surface area contributed by atoms with E-state index in [1.165, 1.54) is 31.9 Å². The van der Waals surface area contributed by atoms with Gasteiger partial charge in [-0.05, 0) is 13.1 Å². The largest absolute Gasteiger partial charge is 0.477 e. The van der Waals surface area contributed by atoms with Gasteiger partial charge in [0.25, 0.3) is 0 Å². The smallest absolute Gasteiger partial charge is 0.340 e. The van der Waals surface area contributed by atoms with Crippen LogP contribution in [0.3, 0.4) is 0 Å². The standard InChI is InChI=1S/C11H14N4O3.C2H5N/c1-3-18-10-7-13-6-9(15-10)14-5-8(4-12)11(16)17-2;1-2-3/h4-7H,3,12H2,1-2H3;2H,1,3H2/b8-4+,14-5+;. The van der Waals surface area contributed by atoms with Crippen LogP contribution in [-0.4, -0.2) is 35.9 Å². The summed E-state index contributed by atoms with van der Waals surface area (Å²) in [6, 6.07) is 0. The van der Waals surface area contributed by atoms with E-state index in [0.717, 1.165) is 6.20 Å². The van der Waals surface area contributed by atoms with Gasteiger partial charge in [0.1, 0.15) is 0 Å². The van der Waals surface area contributed by atoms with Gasteiger partial charge in [-0.15, -0.1) is 0 Å². The lowest BCUT2D eigenvalue weighted by Crippen LogP contribution is -2.07. The van der Waals surface area contributed by atoms with Crippen molar-refractivity contribution in [2.45, 2.75) is 6.92 Å². The Kier molecular flexibility index (Phi) is 9.46. The van der Waals surface area contributed by atoms with E-state index in [1.54, 1.807) is 0 Å². The predicted octanol–water partition coefficient (Wildman–Crippen LogP) is 0.682. The number of aromatic nitrogens is 2. The van der Waals surface area contributed by atoms with Gasteiger partial charge in [-0.25, -0.2) is 9.79 Å². The van der Waals surface area contributed by atoms with E-state index in [4.69, 9.17) is 10.5 Å². The highest BCUT2D eigenvalue weighted by Crippen LogP contribution is 2.11. The van der Waals surface area contributed by atoms with Gasteiger partial charge in [0.05, 0.1) is 31.7 Å². The minimum atomic E-state index is -0.574. The fraction of sp³-hybridized carbons (Fsp3) is 0.231. The molecule has 0 radical (unpaired) electrons. The number of hydrogen-bond acceptors (Lipinski definition) is 8. The van der Waals surface area contributed by atoms with Crippen LogP contribution >= 0.6 is 0 Å². The van der Waals surface area contributed by atoms with E-state index >= 15 is 0 Å². The molecular formula is C13H19N5O3. The summed E-state index contributed by atoms with van der Waals surface area (Å²) >= 11 is 0. The summed E-state index contributed by atoms with van der Waals surface area (Å²) in [6.45, 7) is 5.46. The van der Waals surface area contributed by atoms with Crippen molar-refractivity contribution in [1.29, 1.82) is 0 Å². The highest BCUT2D eigenvalue weighted by Gasteiger charge is 2.05. The molecule has 8 nitrogen and oxygen atoms in total. The Bertz CT molecular complexity index is 514. The SMILES string of the molecule is C=CN.CCOc1cncc(/N=C/C(=C\N)C(=O)OC)n1. The van der Waals surface area contributed by atoms with E-state index in [0.29, 0.717) is 18.3 Å². The molecule has 0 bridgehead atoms. The zero-order valence-corrected chi connectivity index (χ0v) is 12.0. The van der Waals surface area contributed by atoms with Crippen LogP contribution in [0.15, 0.2) is 41.9 Å². The summed E-state index contributed by atoms with van der Waals surface area (Å²) in [5.74, 6) is 0.0999. The summed E-state index contributed by atoms with van der Waals surface area (Å²) in [4.78, 5) is 23.1. The van der Waals surface area contributed by atoms with Crippen LogP contribution in [0.2, 0.25) is 0 Å². The summed E-state index contributed by atoms with van der Waals surface area (Å²) in [5, 5.41) is 0. The molecule has 0 spiro atoms. The zero-order chi connectivity index (χ0) is 16.1. The molecule has 114 valence electrons. The Hall–Kier alpha value is -2.90. The minimum absolute atomic E-state index is 0.126. The zero-order valence-electron chi connectivity index (χ0n) is 12.0. The molecule has 0 saturated heterocycles.